The fourth-order valence-corrected chi connectivity index (χ4v) is 8.68. The minimum Gasteiger partial charge on any atom is -0.308 e. The number of fused-ring (bicyclic) bond motifs is 9. The Morgan fingerprint density at radius 1 is 0.385 bits per heavy atom. The van der Waals surface area contributed by atoms with Crippen LogP contribution < -0.4 is 0 Å². The number of benzene rings is 9. The zero-order valence-corrected chi connectivity index (χ0v) is 33.1. The van der Waals surface area contributed by atoms with Gasteiger partial charge in [-0.1, -0.05) is 169 Å². The van der Waals surface area contributed by atoms with Crippen LogP contribution in [-0.4, -0.2) is 28.7 Å². The molecular formula is C58H35N7. The molecular weight excluding hydrogens is 795 g/mol. The maximum Gasteiger partial charge on any atom is 0.168 e. The second kappa shape index (κ2) is 14.5. The van der Waals surface area contributed by atoms with Crippen LogP contribution in [-0.2, 0) is 0 Å². The van der Waals surface area contributed by atoms with Gasteiger partial charge in [-0.3, -0.25) is 0 Å². The molecule has 0 aliphatic rings. The Morgan fingerprint density at radius 2 is 0.723 bits per heavy atom. The van der Waals surface area contributed by atoms with Gasteiger partial charge in [-0.25, -0.2) is 15.0 Å². The summed E-state index contributed by atoms with van der Waals surface area (Å²) in [5, 5.41) is 12.7. The van der Waals surface area contributed by atoms with E-state index in [1.165, 1.54) is 92.6 Å². The summed E-state index contributed by atoms with van der Waals surface area (Å²) in [5.41, 5.74) is -3.09. The van der Waals surface area contributed by atoms with Crippen LogP contribution in [0.4, 0.5) is 0 Å². The minimum atomic E-state index is -0.867. The average Bonchev–Trinajstić information content (AvgIpc) is 1.61. The van der Waals surface area contributed by atoms with Crippen molar-refractivity contribution in [1.29, 1.82) is 5.26 Å². The summed E-state index contributed by atoms with van der Waals surface area (Å²) in [5.74, 6) is -2.19. The van der Waals surface area contributed by atoms with Gasteiger partial charge in [0.15, 0.2) is 17.5 Å². The van der Waals surface area contributed by atoms with Gasteiger partial charge >= 0.3 is 0 Å². The van der Waals surface area contributed by atoms with Crippen molar-refractivity contribution in [2.24, 2.45) is 0 Å². The third-order valence-electron chi connectivity index (χ3n) is 11.2. The third-order valence-corrected chi connectivity index (χ3v) is 11.2. The molecule has 0 aliphatic carbocycles. The van der Waals surface area contributed by atoms with E-state index in [4.69, 9.17) is 26.4 Å². The third kappa shape index (κ3) is 5.51. The molecule has 0 unspecified atom stereocenters. The number of nitrogens with zero attached hydrogens (tertiary/aromatic N) is 7. The maximum atomic E-state index is 12.3. The molecule has 7 nitrogen and oxygen atoms in total. The minimum absolute atomic E-state index is 0.00722. The summed E-state index contributed by atoms with van der Waals surface area (Å²) in [7, 11) is 0. The molecule has 9 aromatic carbocycles. The molecule has 0 amide bonds. The molecule has 65 heavy (non-hydrogen) atoms. The fourth-order valence-electron chi connectivity index (χ4n) is 8.68. The van der Waals surface area contributed by atoms with Crippen molar-refractivity contribution in [3.05, 3.63) is 217 Å². The first-order valence-corrected chi connectivity index (χ1v) is 19.8. The second-order valence-electron chi connectivity index (χ2n) is 14.6. The lowest BCUT2D eigenvalue weighted by molar-refractivity contribution is 1.04. The van der Waals surface area contributed by atoms with E-state index in [1.54, 1.807) is 0 Å². The van der Waals surface area contributed by atoms with Gasteiger partial charge in [0.05, 0.1) is 85.9 Å². The molecule has 0 saturated heterocycles. The van der Waals surface area contributed by atoms with E-state index in [9.17, 15) is 19.0 Å². The molecule has 0 fully saturated rings. The standard InChI is InChI=1S/C58H35N7/c59-36-45-52(63-46-29-13-7-23-39(46)40-24-8-14-30-47(40)63)35-53(64-48-31-15-9-25-41(48)42-26-10-16-32-49(42)64)54(55(45)65-50-33-17-11-27-43(50)44-28-12-18-34-51(44)65)58-61-56(37-19-3-1-4-20-37)60-57(62-58)38-21-5-2-6-22-38/h1-35H/i1D,2D,3D,4D,5D,6D,13D,14D,15D,16D,17D,18D,19D,20D,21D,22D,23D,24D,25D,26D,27D,28D. The highest BCUT2D eigenvalue weighted by Crippen LogP contribution is 2.46. The normalized spacial score (nSPS) is 16.4. The van der Waals surface area contributed by atoms with Crippen LogP contribution in [0.25, 0.3) is 117 Å². The topological polar surface area (TPSA) is 77.2 Å². The van der Waals surface area contributed by atoms with Crippen LogP contribution in [0.15, 0.2) is 212 Å². The van der Waals surface area contributed by atoms with Crippen LogP contribution >= 0.6 is 0 Å². The zero-order chi connectivity index (χ0) is 62.2. The second-order valence-corrected chi connectivity index (χ2v) is 14.6. The van der Waals surface area contributed by atoms with Gasteiger partial charge in [0.25, 0.3) is 0 Å². The monoisotopic (exact) mass is 851 g/mol. The van der Waals surface area contributed by atoms with Crippen molar-refractivity contribution in [3.8, 4) is 57.3 Å². The van der Waals surface area contributed by atoms with Crippen LogP contribution in [0.5, 0.6) is 0 Å². The highest BCUT2D eigenvalue weighted by molar-refractivity contribution is 6.13. The molecule has 4 aromatic heterocycles. The smallest absolute Gasteiger partial charge is 0.168 e. The first-order chi connectivity index (χ1) is 41.2. The van der Waals surface area contributed by atoms with Crippen molar-refractivity contribution < 1.29 is 30.2 Å². The van der Waals surface area contributed by atoms with Gasteiger partial charge in [0.2, 0.25) is 0 Å². The van der Waals surface area contributed by atoms with Gasteiger partial charge in [-0.15, -0.1) is 0 Å². The predicted octanol–water partition coefficient (Wildman–Crippen LogP) is 14.0. The van der Waals surface area contributed by atoms with Crippen molar-refractivity contribution in [2.75, 3.05) is 0 Å². The van der Waals surface area contributed by atoms with E-state index in [0.29, 0.717) is 0 Å². The van der Waals surface area contributed by atoms with E-state index >= 15 is 0 Å². The van der Waals surface area contributed by atoms with Crippen molar-refractivity contribution in [3.63, 3.8) is 0 Å². The van der Waals surface area contributed by atoms with Gasteiger partial charge in [0, 0.05) is 43.4 Å². The SMILES string of the molecule is [2H]c1cc([2H])c2c3c([2H])cc([2H])cc3n(-c3cc(-n4c5cc([2H])cc([2H])c5c5c([2H])cc([2H])cc54)c(-c4nc(-c5c([2H])c([2H])c([2H])c([2H])c5[2H])nc(-c5c([2H])c([2H])c([2H])c([2H])c5[2H])n4)c(-n4c5cc([2H])cc([2H])c5c5c([2H])cc([2H])cc54)c3C#N)c2c1. The summed E-state index contributed by atoms with van der Waals surface area (Å²) in [6.07, 6.45) is 0. The first-order valence-electron chi connectivity index (χ1n) is 30.8. The summed E-state index contributed by atoms with van der Waals surface area (Å²) in [6.45, 7) is 0. The Kier molecular flexibility index (Phi) is 4.64. The number of nitriles is 1. The molecule has 13 aromatic rings. The molecule has 13 rings (SSSR count). The van der Waals surface area contributed by atoms with Gasteiger partial charge in [-0.2, -0.15) is 5.26 Å². The number of aromatic nitrogens is 6. The van der Waals surface area contributed by atoms with Crippen LogP contribution in [0, 0.1) is 11.3 Å². The number of hydrogen-bond acceptors (Lipinski definition) is 4. The molecule has 0 N–H and O–H groups in total. The van der Waals surface area contributed by atoms with Gasteiger partial charge in [-0.05, 0) is 42.5 Å². The van der Waals surface area contributed by atoms with Crippen LogP contribution in [0.1, 0.15) is 35.7 Å². The fraction of sp³-hybridized carbons (Fsp3) is 0. The Hall–Kier alpha value is -9.12. The molecule has 0 aliphatic heterocycles. The van der Waals surface area contributed by atoms with Gasteiger partial charge < -0.3 is 13.7 Å². The van der Waals surface area contributed by atoms with Crippen molar-refractivity contribution in [2.45, 2.75) is 0 Å². The lowest BCUT2D eigenvalue weighted by Gasteiger charge is -2.24. The maximum absolute atomic E-state index is 12.3. The molecule has 7 heteroatoms. The largest absolute Gasteiger partial charge is 0.308 e. The molecule has 0 saturated carbocycles. The summed E-state index contributed by atoms with van der Waals surface area (Å²) >= 11 is 0. The van der Waals surface area contributed by atoms with Gasteiger partial charge in [0.1, 0.15) is 11.6 Å². The molecule has 0 atom stereocenters. The lowest BCUT2D eigenvalue weighted by atomic mass is 9.99. The van der Waals surface area contributed by atoms with Crippen LogP contribution in [0.3, 0.4) is 0 Å². The Balaban J connectivity index is 1.40. The van der Waals surface area contributed by atoms with E-state index in [-0.39, 0.29) is 149 Å². The molecule has 4 heterocycles. The Bertz CT molecular complexity index is 5070. The Morgan fingerprint density at radius 3 is 1.09 bits per heavy atom. The van der Waals surface area contributed by atoms with E-state index in [2.05, 4.69) is 11.1 Å². The first kappa shape index (κ1) is 20.8. The number of rotatable bonds is 6. The highest BCUT2D eigenvalue weighted by Gasteiger charge is 2.31. The molecule has 0 bridgehead atoms. The van der Waals surface area contributed by atoms with E-state index in [0.717, 1.165) is 0 Å². The predicted molar refractivity (Wildman–Crippen MR) is 264 cm³/mol. The van der Waals surface area contributed by atoms with Crippen molar-refractivity contribution in [1.82, 2.24) is 28.7 Å². The zero-order valence-electron chi connectivity index (χ0n) is 55.1. The number of hydrogen-bond donors (Lipinski definition) is 0. The highest BCUT2D eigenvalue weighted by atomic mass is 15.1. The van der Waals surface area contributed by atoms with Crippen LogP contribution in [0.2, 0.25) is 0 Å². The van der Waals surface area contributed by atoms with E-state index < -0.39 is 106 Å². The Labute approximate surface area is 403 Å². The van der Waals surface area contributed by atoms with E-state index in [1.807, 2.05) is 0 Å². The quantitative estimate of drug-likeness (QED) is 0.167. The molecule has 0 radical (unpaired) electrons. The van der Waals surface area contributed by atoms with Crippen molar-refractivity contribution >= 4 is 65.4 Å². The molecule has 0 spiro atoms. The lowest BCUT2D eigenvalue weighted by Crippen LogP contribution is -2.12. The average molecular weight is 852 g/mol. The summed E-state index contributed by atoms with van der Waals surface area (Å²) < 4.78 is 204. The summed E-state index contributed by atoms with van der Waals surface area (Å²) in [6, 6.07) is 7.49. The summed E-state index contributed by atoms with van der Waals surface area (Å²) in [4.78, 5) is 14.3. The molecule has 302 valence electrons. The number of para-hydroxylation sites is 6.